The van der Waals surface area contributed by atoms with Gasteiger partial charge >= 0.3 is 0 Å². The number of aryl methyl sites for hydroxylation is 2. The maximum atomic E-state index is 4.32. The molecule has 0 aliphatic carbocycles. The minimum Gasteiger partial charge on any atom is -0.308 e. The summed E-state index contributed by atoms with van der Waals surface area (Å²) in [5.41, 5.74) is 3.92. The minimum atomic E-state index is 0.244. The average molecular weight is 235 g/mol. The molecule has 0 bridgehead atoms. The van der Waals surface area contributed by atoms with Crippen LogP contribution in [0.4, 0.5) is 0 Å². The maximum absolute atomic E-state index is 4.32. The summed E-state index contributed by atoms with van der Waals surface area (Å²) in [6.45, 7) is 5.18. The zero-order chi connectivity index (χ0) is 11.5. The first kappa shape index (κ1) is 11.4. The van der Waals surface area contributed by atoms with Crippen molar-refractivity contribution in [2.24, 2.45) is 0 Å². The Balaban J connectivity index is 2.40. The number of nitrogens with zero attached hydrogens (tertiary/aromatic N) is 2. The smallest absolute Gasteiger partial charge is 0.0756 e. The number of hydrogen-bond acceptors (Lipinski definition) is 3. The van der Waals surface area contributed by atoms with Gasteiger partial charge in [0.1, 0.15) is 0 Å². The molecule has 4 heteroatoms. The molecule has 86 valence electrons. The van der Waals surface area contributed by atoms with Crippen molar-refractivity contribution < 1.29 is 0 Å². The summed E-state index contributed by atoms with van der Waals surface area (Å²) in [6.07, 6.45) is 1.87. The summed E-state index contributed by atoms with van der Waals surface area (Å²) in [5.74, 6) is 0. The van der Waals surface area contributed by atoms with E-state index in [1.165, 1.54) is 16.8 Å². The lowest BCUT2D eigenvalue weighted by atomic mass is 10.0. The molecule has 0 saturated carbocycles. The van der Waals surface area contributed by atoms with Gasteiger partial charge in [-0.3, -0.25) is 4.68 Å². The molecule has 2 aromatic rings. The first-order chi connectivity index (χ1) is 7.77. The van der Waals surface area contributed by atoms with Gasteiger partial charge in [-0.15, -0.1) is 0 Å². The molecule has 0 aliphatic rings. The van der Waals surface area contributed by atoms with Crippen LogP contribution in [0.1, 0.15) is 29.8 Å². The monoisotopic (exact) mass is 235 g/mol. The first-order valence-electron chi connectivity index (χ1n) is 5.49. The van der Waals surface area contributed by atoms with Crippen LogP contribution in [0.15, 0.2) is 23.0 Å². The lowest BCUT2D eigenvalue weighted by Gasteiger charge is -2.17. The van der Waals surface area contributed by atoms with Crippen LogP contribution in [0.2, 0.25) is 0 Å². The van der Waals surface area contributed by atoms with Gasteiger partial charge in [0.2, 0.25) is 0 Å². The molecule has 1 unspecified atom stereocenters. The molecule has 1 atom stereocenters. The maximum Gasteiger partial charge on any atom is 0.0756 e. The fourth-order valence-corrected chi connectivity index (χ4v) is 2.86. The zero-order valence-corrected chi connectivity index (χ0v) is 10.7. The van der Waals surface area contributed by atoms with Crippen molar-refractivity contribution in [3.8, 4) is 0 Å². The number of hydrogen-bond donors (Lipinski definition) is 1. The second-order valence-electron chi connectivity index (χ2n) is 3.80. The van der Waals surface area contributed by atoms with E-state index in [2.05, 4.69) is 41.1 Å². The highest BCUT2D eigenvalue weighted by Gasteiger charge is 2.18. The van der Waals surface area contributed by atoms with E-state index in [-0.39, 0.29) is 6.04 Å². The summed E-state index contributed by atoms with van der Waals surface area (Å²) in [4.78, 5) is 0. The molecule has 0 amide bonds. The van der Waals surface area contributed by atoms with E-state index < -0.39 is 0 Å². The highest BCUT2D eigenvalue weighted by Crippen LogP contribution is 2.27. The normalized spacial score (nSPS) is 12.9. The predicted octanol–water partition coefficient (Wildman–Crippen LogP) is 2.58. The highest BCUT2D eigenvalue weighted by molar-refractivity contribution is 7.08. The summed E-state index contributed by atoms with van der Waals surface area (Å²) in [5, 5.41) is 12.1. The number of aromatic nitrogens is 2. The predicted molar refractivity (Wildman–Crippen MR) is 67.9 cm³/mol. The van der Waals surface area contributed by atoms with Crippen LogP contribution in [0.25, 0.3) is 0 Å². The van der Waals surface area contributed by atoms with E-state index in [9.17, 15) is 0 Å². The van der Waals surface area contributed by atoms with Gasteiger partial charge in [-0.25, -0.2) is 0 Å². The molecule has 2 aromatic heterocycles. The van der Waals surface area contributed by atoms with E-state index in [0.29, 0.717) is 0 Å². The molecular formula is C12H17N3S. The molecule has 16 heavy (non-hydrogen) atoms. The second kappa shape index (κ2) is 4.80. The fourth-order valence-electron chi connectivity index (χ4n) is 1.98. The Morgan fingerprint density at radius 3 is 2.88 bits per heavy atom. The number of rotatable bonds is 4. The Labute approximate surface area is 100 Å². The van der Waals surface area contributed by atoms with Crippen molar-refractivity contribution in [1.29, 1.82) is 0 Å². The van der Waals surface area contributed by atoms with E-state index in [4.69, 9.17) is 0 Å². The fraction of sp³-hybridized carbons (Fsp3) is 0.417. The Hall–Kier alpha value is -1.13. The molecule has 2 rings (SSSR count). The van der Waals surface area contributed by atoms with Gasteiger partial charge in [0.15, 0.2) is 0 Å². The molecule has 3 nitrogen and oxygen atoms in total. The Morgan fingerprint density at radius 2 is 2.31 bits per heavy atom. The third-order valence-electron chi connectivity index (χ3n) is 2.84. The molecule has 0 fully saturated rings. The van der Waals surface area contributed by atoms with Crippen LogP contribution in [0.3, 0.4) is 0 Å². The summed E-state index contributed by atoms with van der Waals surface area (Å²) >= 11 is 1.75. The van der Waals surface area contributed by atoms with Crippen LogP contribution < -0.4 is 5.32 Å². The van der Waals surface area contributed by atoms with Gasteiger partial charge in [0, 0.05) is 12.7 Å². The number of thiophene rings is 1. The van der Waals surface area contributed by atoms with Crippen molar-refractivity contribution in [2.75, 3.05) is 7.05 Å². The van der Waals surface area contributed by atoms with Crippen LogP contribution in [-0.4, -0.2) is 16.8 Å². The van der Waals surface area contributed by atoms with E-state index in [1.807, 2.05) is 17.9 Å². The molecule has 0 saturated heterocycles. The first-order valence-corrected chi connectivity index (χ1v) is 6.43. The average Bonchev–Trinajstić information content (AvgIpc) is 2.90. The molecule has 2 heterocycles. The molecule has 0 aromatic carbocycles. The lowest BCUT2D eigenvalue weighted by molar-refractivity contribution is 0.563. The second-order valence-corrected chi connectivity index (χ2v) is 4.55. The van der Waals surface area contributed by atoms with Crippen molar-refractivity contribution in [1.82, 2.24) is 15.1 Å². The van der Waals surface area contributed by atoms with Crippen LogP contribution in [-0.2, 0) is 6.54 Å². The van der Waals surface area contributed by atoms with Crippen molar-refractivity contribution in [3.63, 3.8) is 0 Å². The van der Waals surface area contributed by atoms with Gasteiger partial charge in [-0.1, -0.05) is 0 Å². The highest BCUT2D eigenvalue weighted by atomic mass is 32.1. The van der Waals surface area contributed by atoms with Crippen LogP contribution >= 0.6 is 11.3 Å². The standard InChI is InChI=1S/C12H17N3S/c1-4-15-11(5-6-14-15)12(13-3)10-8-16-7-9(10)2/h5-8,12-13H,4H2,1-3H3. The SMILES string of the molecule is CCn1nccc1C(NC)c1cscc1C. The zero-order valence-electron chi connectivity index (χ0n) is 9.90. The van der Waals surface area contributed by atoms with Gasteiger partial charge < -0.3 is 5.32 Å². The summed E-state index contributed by atoms with van der Waals surface area (Å²) < 4.78 is 2.04. The number of nitrogens with one attached hydrogen (secondary N) is 1. The Morgan fingerprint density at radius 1 is 1.50 bits per heavy atom. The third-order valence-corrected chi connectivity index (χ3v) is 3.72. The van der Waals surface area contributed by atoms with E-state index in [0.717, 1.165) is 6.54 Å². The summed E-state index contributed by atoms with van der Waals surface area (Å²) in [7, 11) is 1.99. The van der Waals surface area contributed by atoms with Crippen molar-refractivity contribution >= 4 is 11.3 Å². The van der Waals surface area contributed by atoms with Crippen LogP contribution in [0, 0.1) is 6.92 Å². The lowest BCUT2D eigenvalue weighted by Crippen LogP contribution is -2.21. The molecule has 0 aliphatic heterocycles. The van der Waals surface area contributed by atoms with E-state index >= 15 is 0 Å². The van der Waals surface area contributed by atoms with Crippen molar-refractivity contribution in [2.45, 2.75) is 26.4 Å². The Bertz CT molecular complexity index is 458. The van der Waals surface area contributed by atoms with Gasteiger partial charge in [0.05, 0.1) is 11.7 Å². The van der Waals surface area contributed by atoms with Crippen molar-refractivity contribution in [3.05, 3.63) is 39.8 Å². The van der Waals surface area contributed by atoms with Gasteiger partial charge in [-0.2, -0.15) is 16.4 Å². The van der Waals surface area contributed by atoms with Gasteiger partial charge in [-0.05, 0) is 48.8 Å². The summed E-state index contributed by atoms with van der Waals surface area (Å²) in [6, 6.07) is 2.33. The molecule has 1 N–H and O–H groups in total. The third kappa shape index (κ3) is 1.90. The van der Waals surface area contributed by atoms with Gasteiger partial charge in [0.25, 0.3) is 0 Å². The molecule has 0 spiro atoms. The largest absolute Gasteiger partial charge is 0.308 e. The topological polar surface area (TPSA) is 29.9 Å². The minimum absolute atomic E-state index is 0.244. The molecular weight excluding hydrogens is 218 g/mol. The molecule has 0 radical (unpaired) electrons. The van der Waals surface area contributed by atoms with Crippen LogP contribution in [0.5, 0.6) is 0 Å². The Kier molecular flexibility index (Phi) is 3.41. The quantitative estimate of drug-likeness (QED) is 0.882. The van der Waals surface area contributed by atoms with E-state index in [1.54, 1.807) is 11.3 Å².